The second-order valence-corrected chi connectivity index (χ2v) is 11.7. The Labute approximate surface area is 231 Å². The van der Waals surface area contributed by atoms with E-state index in [2.05, 4.69) is 48.0 Å². The number of benzene rings is 2. The maximum Gasteiger partial charge on any atom is 0.387 e. The Morgan fingerprint density at radius 2 is 1.74 bits per heavy atom. The first-order valence-corrected chi connectivity index (χ1v) is 14.2. The lowest BCUT2D eigenvalue weighted by Crippen LogP contribution is -2.60. The summed E-state index contributed by atoms with van der Waals surface area (Å²) in [5.41, 5.74) is 1.92. The molecule has 2 fully saturated rings. The highest BCUT2D eigenvalue weighted by molar-refractivity contribution is 5.77. The number of halogens is 2. The number of ether oxygens (including phenoxy) is 2. The predicted molar refractivity (Wildman–Crippen MR) is 149 cm³/mol. The van der Waals surface area contributed by atoms with Gasteiger partial charge in [-0.05, 0) is 67.4 Å². The zero-order valence-corrected chi connectivity index (χ0v) is 23.7. The fourth-order valence-corrected chi connectivity index (χ4v) is 5.93. The van der Waals surface area contributed by atoms with E-state index in [0.29, 0.717) is 44.3 Å². The van der Waals surface area contributed by atoms with Gasteiger partial charge in [-0.3, -0.25) is 9.69 Å². The monoisotopic (exact) mass is 543 g/mol. The first kappa shape index (κ1) is 29.3. The molecule has 8 heteroatoms. The van der Waals surface area contributed by atoms with Crippen LogP contribution >= 0.6 is 0 Å². The molecule has 0 spiro atoms. The number of carbonyl (C=O) groups excluding carboxylic acids is 1. The third kappa shape index (κ3) is 7.48. The summed E-state index contributed by atoms with van der Waals surface area (Å²) in [5.74, 6) is 1.04. The van der Waals surface area contributed by atoms with Crippen molar-refractivity contribution in [3.63, 3.8) is 0 Å². The van der Waals surface area contributed by atoms with Gasteiger partial charge in [-0.1, -0.05) is 57.2 Å². The van der Waals surface area contributed by atoms with Gasteiger partial charge in [-0.2, -0.15) is 8.78 Å². The number of alkyl halides is 2. The third-order valence-corrected chi connectivity index (χ3v) is 7.93. The van der Waals surface area contributed by atoms with Gasteiger partial charge in [0.05, 0.1) is 12.6 Å². The molecule has 2 atom stereocenters. The summed E-state index contributed by atoms with van der Waals surface area (Å²) in [5, 5.41) is 3.39. The average molecular weight is 544 g/mol. The Hall–Kier alpha value is -2.71. The number of amides is 1. The van der Waals surface area contributed by atoms with Crippen molar-refractivity contribution in [2.24, 2.45) is 11.3 Å². The number of carbonyl (C=O) groups is 1. The Morgan fingerprint density at radius 3 is 2.38 bits per heavy atom. The third-order valence-electron chi connectivity index (χ3n) is 7.93. The summed E-state index contributed by atoms with van der Waals surface area (Å²) in [6, 6.07) is 15.4. The predicted octanol–water partition coefficient (Wildman–Crippen LogP) is 5.72. The highest BCUT2D eigenvalue weighted by atomic mass is 19.3. The SMILES string of the molecule is CCOc1cc(C(c2ccccc2)N2CCN(C(=O)CC3CCNCC3)[C@@H](C(C)(C)C)C2)ccc1OC(F)F. The van der Waals surface area contributed by atoms with Gasteiger partial charge in [0.2, 0.25) is 5.91 Å². The van der Waals surface area contributed by atoms with Crippen LogP contribution in [0.3, 0.4) is 0 Å². The zero-order chi connectivity index (χ0) is 28.0. The smallest absolute Gasteiger partial charge is 0.387 e. The lowest BCUT2D eigenvalue weighted by Gasteiger charge is -2.49. The number of piperidine rings is 1. The quantitative estimate of drug-likeness (QED) is 0.438. The van der Waals surface area contributed by atoms with Crippen molar-refractivity contribution in [1.82, 2.24) is 15.1 Å². The molecule has 2 heterocycles. The first-order chi connectivity index (χ1) is 18.7. The molecule has 4 rings (SSSR count). The van der Waals surface area contributed by atoms with Gasteiger partial charge < -0.3 is 19.7 Å². The lowest BCUT2D eigenvalue weighted by molar-refractivity contribution is -0.141. The van der Waals surface area contributed by atoms with Gasteiger partial charge in [0.25, 0.3) is 0 Å². The molecule has 2 aromatic rings. The molecule has 214 valence electrons. The van der Waals surface area contributed by atoms with E-state index in [1.807, 2.05) is 37.3 Å². The van der Waals surface area contributed by atoms with Crippen molar-refractivity contribution in [3.05, 3.63) is 59.7 Å². The highest BCUT2D eigenvalue weighted by Gasteiger charge is 2.40. The van der Waals surface area contributed by atoms with Crippen molar-refractivity contribution >= 4 is 5.91 Å². The largest absolute Gasteiger partial charge is 0.490 e. The maximum atomic E-state index is 13.6. The van der Waals surface area contributed by atoms with Crippen LogP contribution in [0.15, 0.2) is 48.5 Å². The van der Waals surface area contributed by atoms with Crippen LogP contribution in [-0.4, -0.2) is 67.7 Å². The van der Waals surface area contributed by atoms with E-state index in [9.17, 15) is 13.6 Å². The summed E-state index contributed by atoms with van der Waals surface area (Å²) in [4.78, 5) is 18.1. The molecule has 2 aliphatic heterocycles. The molecule has 0 radical (unpaired) electrons. The van der Waals surface area contributed by atoms with Crippen LogP contribution in [0.4, 0.5) is 8.78 Å². The van der Waals surface area contributed by atoms with Gasteiger partial charge in [0.1, 0.15) is 0 Å². The van der Waals surface area contributed by atoms with Crippen molar-refractivity contribution in [2.45, 2.75) is 65.7 Å². The summed E-state index contributed by atoms with van der Waals surface area (Å²) in [6.07, 6.45) is 2.71. The topological polar surface area (TPSA) is 54.0 Å². The van der Waals surface area contributed by atoms with E-state index in [1.54, 1.807) is 6.07 Å². The van der Waals surface area contributed by atoms with Crippen molar-refractivity contribution < 1.29 is 23.0 Å². The number of hydrogen-bond acceptors (Lipinski definition) is 5. The molecule has 0 bridgehead atoms. The van der Waals surface area contributed by atoms with E-state index in [1.165, 1.54) is 0 Å². The van der Waals surface area contributed by atoms with Crippen LogP contribution in [0.2, 0.25) is 0 Å². The van der Waals surface area contributed by atoms with Gasteiger partial charge in [0.15, 0.2) is 11.5 Å². The molecule has 1 N–H and O–H groups in total. The summed E-state index contributed by atoms with van der Waals surface area (Å²) < 4.78 is 36.5. The number of hydrogen-bond donors (Lipinski definition) is 1. The average Bonchev–Trinajstić information content (AvgIpc) is 2.91. The number of nitrogens with zero attached hydrogens (tertiary/aromatic N) is 2. The number of nitrogens with one attached hydrogen (secondary N) is 1. The van der Waals surface area contributed by atoms with Crippen LogP contribution in [-0.2, 0) is 4.79 Å². The minimum absolute atomic E-state index is 0.0308. The molecule has 2 saturated heterocycles. The minimum Gasteiger partial charge on any atom is -0.490 e. The van der Waals surface area contributed by atoms with Crippen molar-refractivity contribution in [2.75, 3.05) is 39.3 Å². The van der Waals surface area contributed by atoms with Gasteiger partial charge in [-0.25, -0.2) is 0 Å². The van der Waals surface area contributed by atoms with E-state index in [4.69, 9.17) is 9.47 Å². The molecule has 1 amide bonds. The number of piperazine rings is 1. The Morgan fingerprint density at radius 1 is 1.03 bits per heavy atom. The van der Waals surface area contributed by atoms with E-state index < -0.39 is 6.61 Å². The van der Waals surface area contributed by atoms with Gasteiger partial charge >= 0.3 is 6.61 Å². The number of rotatable bonds is 9. The van der Waals surface area contributed by atoms with Crippen molar-refractivity contribution in [1.29, 1.82) is 0 Å². The minimum atomic E-state index is -2.93. The fraction of sp³-hybridized carbons (Fsp3) is 0.581. The van der Waals surface area contributed by atoms with Crippen LogP contribution in [0, 0.1) is 11.3 Å². The zero-order valence-electron chi connectivity index (χ0n) is 23.7. The molecular weight excluding hydrogens is 500 g/mol. The standard InChI is InChI=1S/C31H43F2N3O3/c1-5-38-26-20-24(11-12-25(26)39-30(32)33)29(23-9-7-6-8-10-23)35-17-18-36(27(21-35)31(2,3)4)28(37)19-22-13-15-34-16-14-22/h6-12,20,22,27,29-30,34H,5,13-19,21H2,1-4H3/t27-,29?/m1/s1. The molecule has 6 nitrogen and oxygen atoms in total. The molecular formula is C31H43F2N3O3. The van der Waals surface area contributed by atoms with Gasteiger partial charge in [-0.15, -0.1) is 0 Å². The first-order valence-electron chi connectivity index (χ1n) is 14.2. The van der Waals surface area contributed by atoms with Crippen LogP contribution in [0.25, 0.3) is 0 Å². The second kappa shape index (κ2) is 13.1. The Bertz CT molecular complexity index is 1070. The lowest BCUT2D eigenvalue weighted by atomic mass is 9.82. The Kier molecular flexibility index (Phi) is 9.83. The molecule has 2 aliphatic rings. The summed E-state index contributed by atoms with van der Waals surface area (Å²) in [7, 11) is 0. The molecule has 39 heavy (non-hydrogen) atoms. The second-order valence-electron chi connectivity index (χ2n) is 11.7. The Balaban J connectivity index is 1.63. The highest BCUT2D eigenvalue weighted by Crippen LogP contribution is 2.39. The normalized spacial score (nSPS) is 20.2. The summed E-state index contributed by atoms with van der Waals surface area (Å²) in [6.45, 7) is 9.88. The van der Waals surface area contributed by atoms with Crippen LogP contribution in [0.1, 0.15) is 64.1 Å². The van der Waals surface area contributed by atoms with Crippen LogP contribution < -0.4 is 14.8 Å². The molecule has 0 saturated carbocycles. The van der Waals surface area contributed by atoms with E-state index >= 15 is 0 Å². The van der Waals surface area contributed by atoms with Crippen LogP contribution in [0.5, 0.6) is 11.5 Å². The fourth-order valence-electron chi connectivity index (χ4n) is 5.93. The maximum absolute atomic E-state index is 13.6. The molecule has 0 aromatic heterocycles. The van der Waals surface area contributed by atoms with E-state index in [-0.39, 0.29) is 29.2 Å². The summed E-state index contributed by atoms with van der Waals surface area (Å²) >= 11 is 0. The molecule has 0 aliphatic carbocycles. The van der Waals surface area contributed by atoms with E-state index in [0.717, 1.165) is 37.1 Å². The van der Waals surface area contributed by atoms with Crippen molar-refractivity contribution in [3.8, 4) is 11.5 Å². The molecule has 2 aromatic carbocycles. The molecule has 1 unspecified atom stereocenters. The van der Waals surface area contributed by atoms with Gasteiger partial charge in [0, 0.05) is 32.1 Å².